The van der Waals surface area contributed by atoms with E-state index in [0.717, 1.165) is 5.69 Å². The van der Waals surface area contributed by atoms with E-state index < -0.39 is 9.84 Å². The van der Waals surface area contributed by atoms with Gasteiger partial charge in [-0.1, -0.05) is 0 Å². The fourth-order valence-electron chi connectivity index (χ4n) is 2.07. The van der Waals surface area contributed by atoms with Gasteiger partial charge in [0.25, 0.3) is 20.9 Å². The van der Waals surface area contributed by atoms with Crippen LogP contribution in [-0.4, -0.2) is 45.3 Å². The van der Waals surface area contributed by atoms with E-state index in [1.165, 1.54) is 18.0 Å². The van der Waals surface area contributed by atoms with Gasteiger partial charge in [-0.15, -0.1) is 10.2 Å². The minimum absolute atomic E-state index is 0.0407. The highest BCUT2D eigenvalue weighted by molar-refractivity contribution is 7.91. The number of rotatable bonds is 3. The van der Waals surface area contributed by atoms with Gasteiger partial charge in [-0.05, 0) is 19.9 Å². The maximum absolute atomic E-state index is 12.7. The van der Waals surface area contributed by atoms with Crippen LogP contribution in [0.1, 0.15) is 11.4 Å². The highest BCUT2D eigenvalue weighted by atomic mass is 32.2. The van der Waals surface area contributed by atoms with Crippen LogP contribution in [0.15, 0.2) is 22.4 Å². The van der Waals surface area contributed by atoms with Crippen molar-refractivity contribution in [1.82, 2.24) is 29.8 Å². The highest BCUT2D eigenvalue weighted by Crippen LogP contribution is 2.30. The van der Waals surface area contributed by atoms with Gasteiger partial charge in [-0.3, -0.25) is 5.10 Å². The first-order valence-electron chi connectivity index (χ1n) is 5.97. The molecule has 3 aromatic rings. The largest absolute Gasteiger partial charge is 0.479 e. The third-order valence-corrected chi connectivity index (χ3v) is 4.49. The van der Waals surface area contributed by atoms with Crippen LogP contribution in [0.25, 0.3) is 5.65 Å². The molecule has 0 fully saturated rings. The Labute approximate surface area is 119 Å². The monoisotopic (exact) mass is 308 g/mol. The zero-order chi connectivity index (χ0) is 15.2. The summed E-state index contributed by atoms with van der Waals surface area (Å²) in [5.74, 6) is -0.0407. The molecule has 0 amide bonds. The number of fused-ring (bicyclic) bond motifs is 1. The number of nitrogens with zero attached hydrogens (tertiary/aromatic N) is 5. The zero-order valence-corrected chi connectivity index (χ0v) is 12.3. The Morgan fingerprint density at radius 3 is 2.71 bits per heavy atom. The molecule has 110 valence electrons. The van der Waals surface area contributed by atoms with Crippen molar-refractivity contribution < 1.29 is 13.2 Å². The molecular weight excluding hydrogens is 296 g/mol. The summed E-state index contributed by atoms with van der Waals surface area (Å²) in [4.78, 5) is 7.81. The van der Waals surface area contributed by atoms with Crippen molar-refractivity contribution in [2.75, 3.05) is 7.11 Å². The van der Waals surface area contributed by atoms with Crippen LogP contribution in [0.2, 0.25) is 0 Å². The molecule has 0 saturated heterocycles. The van der Waals surface area contributed by atoms with Crippen molar-refractivity contribution in [1.29, 1.82) is 0 Å². The molecule has 0 aliphatic rings. The number of hydrogen-bond acceptors (Lipinski definition) is 7. The molecule has 10 heteroatoms. The summed E-state index contributed by atoms with van der Waals surface area (Å²) in [6.07, 6.45) is 1.19. The molecule has 0 bridgehead atoms. The van der Waals surface area contributed by atoms with E-state index in [9.17, 15) is 8.42 Å². The molecule has 0 aliphatic heterocycles. The Balaban J connectivity index is 2.42. The summed E-state index contributed by atoms with van der Waals surface area (Å²) in [5.41, 5.74) is 1.61. The molecule has 3 rings (SSSR count). The van der Waals surface area contributed by atoms with E-state index in [-0.39, 0.29) is 21.6 Å². The smallest absolute Gasteiger partial charge is 0.271 e. The highest BCUT2D eigenvalue weighted by Gasteiger charge is 2.32. The lowest BCUT2D eigenvalue weighted by atomic mass is 10.3. The number of sulfone groups is 1. The van der Waals surface area contributed by atoms with Gasteiger partial charge in [0.05, 0.1) is 7.11 Å². The first kappa shape index (κ1) is 13.5. The third kappa shape index (κ3) is 1.95. The van der Waals surface area contributed by atoms with Gasteiger partial charge in [0.15, 0.2) is 10.5 Å². The van der Waals surface area contributed by atoms with Gasteiger partial charge in [0.1, 0.15) is 6.33 Å². The number of methoxy groups -OCH3 is 1. The second-order valence-electron chi connectivity index (χ2n) is 4.40. The molecule has 0 radical (unpaired) electrons. The number of hydrogen-bond donors (Lipinski definition) is 1. The number of ether oxygens (including phenoxy) is 1. The van der Waals surface area contributed by atoms with Gasteiger partial charge in [0.2, 0.25) is 0 Å². The molecule has 3 heterocycles. The molecule has 0 aromatic carbocycles. The van der Waals surface area contributed by atoms with Crippen LogP contribution < -0.4 is 4.74 Å². The van der Waals surface area contributed by atoms with E-state index in [1.54, 1.807) is 19.9 Å². The van der Waals surface area contributed by atoms with Crippen LogP contribution in [0.5, 0.6) is 5.88 Å². The predicted molar refractivity (Wildman–Crippen MR) is 70.8 cm³/mol. The zero-order valence-electron chi connectivity index (χ0n) is 11.5. The standard InChI is InChI=1S/C11H12N6O3S/c1-6-4-7(2)17-9(14-6)8(10(16-17)20-3)21(18,19)11-12-5-13-15-11/h4-5H,1-3H3,(H,12,13,15). The number of aromatic nitrogens is 6. The van der Waals surface area contributed by atoms with Crippen LogP contribution in [0, 0.1) is 13.8 Å². The summed E-state index contributed by atoms with van der Waals surface area (Å²) in [5, 5.41) is 9.79. The number of aryl methyl sites for hydroxylation is 2. The quantitative estimate of drug-likeness (QED) is 0.740. The molecule has 3 aromatic heterocycles. The van der Waals surface area contributed by atoms with Crippen LogP contribution in [0.4, 0.5) is 0 Å². The van der Waals surface area contributed by atoms with Crippen molar-refractivity contribution in [3.8, 4) is 5.88 Å². The lowest BCUT2D eigenvalue weighted by Crippen LogP contribution is -2.07. The number of nitrogens with one attached hydrogen (secondary N) is 1. The van der Waals surface area contributed by atoms with Crippen molar-refractivity contribution >= 4 is 15.5 Å². The van der Waals surface area contributed by atoms with Crippen LogP contribution in [0.3, 0.4) is 0 Å². The van der Waals surface area contributed by atoms with Crippen molar-refractivity contribution in [2.45, 2.75) is 23.9 Å². The summed E-state index contributed by atoms with van der Waals surface area (Å²) in [7, 11) is -2.63. The molecule has 21 heavy (non-hydrogen) atoms. The normalized spacial score (nSPS) is 12.0. The Kier molecular flexibility index (Phi) is 2.90. The Bertz CT molecular complexity index is 913. The molecule has 0 aliphatic carbocycles. The van der Waals surface area contributed by atoms with E-state index in [1.807, 2.05) is 0 Å². The molecule has 1 N–H and O–H groups in total. The number of aromatic amines is 1. The van der Waals surface area contributed by atoms with Gasteiger partial charge in [-0.25, -0.2) is 22.9 Å². The average Bonchev–Trinajstić information content (AvgIpc) is 3.05. The SMILES string of the molecule is COc1nn2c(C)cc(C)nc2c1S(=O)(=O)c1nc[nH]n1. The van der Waals surface area contributed by atoms with E-state index in [2.05, 4.69) is 25.3 Å². The fraction of sp³-hybridized carbons (Fsp3) is 0.273. The Hall–Kier alpha value is -2.49. The second-order valence-corrected chi connectivity index (χ2v) is 6.18. The Morgan fingerprint density at radius 1 is 1.33 bits per heavy atom. The summed E-state index contributed by atoms with van der Waals surface area (Å²) >= 11 is 0. The van der Waals surface area contributed by atoms with Crippen molar-refractivity contribution in [3.63, 3.8) is 0 Å². The van der Waals surface area contributed by atoms with E-state index in [0.29, 0.717) is 5.69 Å². The fourth-order valence-corrected chi connectivity index (χ4v) is 3.34. The van der Waals surface area contributed by atoms with Crippen molar-refractivity contribution in [2.24, 2.45) is 0 Å². The molecule has 9 nitrogen and oxygen atoms in total. The lowest BCUT2D eigenvalue weighted by Gasteiger charge is -2.02. The number of H-pyrrole nitrogens is 1. The summed E-state index contributed by atoms with van der Waals surface area (Å²) in [6.45, 7) is 3.58. The molecule has 0 saturated carbocycles. The predicted octanol–water partition coefficient (Wildman–Crippen LogP) is 0.306. The van der Waals surface area contributed by atoms with Gasteiger partial charge in [-0.2, -0.15) is 0 Å². The van der Waals surface area contributed by atoms with Crippen LogP contribution in [-0.2, 0) is 9.84 Å². The second kappa shape index (κ2) is 4.52. The molecule has 0 spiro atoms. The maximum Gasteiger partial charge on any atom is 0.271 e. The van der Waals surface area contributed by atoms with Gasteiger partial charge < -0.3 is 4.74 Å². The van der Waals surface area contributed by atoms with Gasteiger partial charge in [0, 0.05) is 11.4 Å². The van der Waals surface area contributed by atoms with Gasteiger partial charge >= 0.3 is 0 Å². The summed E-state index contributed by atoms with van der Waals surface area (Å²) < 4.78 is 31.8. The maximum atomic E-state index is 12.7. The molecular formula is C11H12N6O3S. The van der Waals surface area contributed by atoms with Crippen LogP contribution >= 0.6 is 0 Å². The minimum atomic E-state index is -3.98. The average molecular weight is 308 g/mol. The Morgan fingerprint density at radius 2 is 2.10 bits per heavy atom. The van der Waals surface area contributed by atoms with E-state index >= 15 is 0 Å². The lowest BCUT2D eigenvalue weighted by molar-refractivity contribution is 0.384. The summed E-state index contributed by atoms with van der Waals surface area (Å²) in [6, 6.07) is 1.79. The third-order valence-electron chi connectivity index (χ3n) is 2.92. The topological polar surface area (TPSA) is 115 Å². The molecule has 0 unspecified atom stereocenters. The first-order chi connectivity index (χ1) is 9.95. The molecule has 0 atom stereocenters. The minimum Gasteiger partial charge on any atom is -0.479 e. The first-order valence-corrected chi connectivity index (χ1v) is 7.45. The van der Waals surface area contributed by atoms with E-state index in [4.69, 9.17) is 4.74 Å². The van der Waals surface area contributed by atoms with Crippen molar-refractivity contribution in [3.05, 3.63) is 23.8 Å².